The van der Waals surface area contributed by atoms with Crippen molar-refractivity contribution in [2.45, 2.75) is 12.6 Å². The average molecular weight is 338 g/mol. The number of amides is 1. The summed E-state index contributed by atoms with van der Waals surface area (Å²) in [6, 6.07) is 14.3. The normalized spacial score (nSPS) is 11.0. The average Bonchev–Trinajstić information content (AvgIpc) is 2.64. The maximum atomic E-state index is 12.4. The van der Waals surface area contributed by atoms with Crippen LogP contribution in [0.25, 0.3) is 0 Å². The highest BCUT2D eigenvalue weighted by Gasteiger charge is 2.25. The van der Waals surface area contributed by atoms with Gasteiger partial charge in [-0.2, -0.15) is 0 Å². The molecule has 7 nitrogen and oxygen atoms in total. The molecule has 7 heteroatoms. The van der Waals surface area contributed by atoms with Gasteiger partial charge in [-0.3, -0.25) is 14.9 Å². The summed E-state index contributed by atoms with van der Waals surface area (Å²) >= 11 is 0. The molecule has 0 saturated heterocycles. The van der Waals surface area contributed by atoms with Crippen LogP contribution < -0.4 is 5.32 Å². The van der Waals surface area contributed by atoms with Crippen molar-refractivity contribution in [2.24, 2.45) is 0 Å². The van der Waals surface area contributed by atoms with Gasteiger partial charge in [-0.05, 0) is 17.7 Å². The van der Waals surface area contributed by atoms with Gasteiger partial charge >= 0.3 is 5.97 Å². The second kappa shape index (κ2) is 8.26. The predicted molar refractivity (Wildman–Crippen MR) is 89.1 cm³/mol. The highest BCUT2D eigenvalue weighted by molar-refractivity contribution is 5.91. The summed E-state index contributed by atoms with van der Waals surface area (Å²) in [4.78, 5) is 33.9. The molecule has 0 fully saturated rings. The van der Waals surface area contributed by atoms with Crippen molar-refractivity contribution in [2.75, 3.05) is 0 Å². The molecule has 0 aliphatic carbocycles. The van der Waals surface area contributed by atoms with E-state index < -0.39 is 22.9 Å². The van der Waals surface area contributed by atoms with Gasteiger partial charge in [0.25, 0.3) is 11.6 Å². The van der Waals surface area contributed by atoms with Crippen LogP contribution in [0, 0.1) is 22.5 Å². The molecule has 1 N–H and O–H groups in total. The first kappa shape index (κ1) is 17.7. The molecule has 126 valence electrons. The zero-order valence-electron chi connectivity index (χ0n) is 13.0. The topological polar surface area (TPSA) is 98.5 Å². The van der Waals surface area contributed by atoms with Crippen LogP contribution in [0.3, 0.4) is 0 Å². The van der Waals surface area contributed by atoms with Crippen molar-refractivity contribution in [3.63, 3.8) is 0 Å². The van der Waals surface area contributed by atoms with Crippen LogP contribution in [0.1, 0.15) is 17.2 Å². The molecule has 0 bridgehead atoms. The minimum atomic E-state index is -1.30. The molecule has 2 rings (SSSR count). The van der Waals surface area contributed by atoms with E-state index in [-0.39, 0.29) is 17.8 Å². The molecule has 0 aliphatic heterocycles. The molecule has 1 atom stereocenters. The fourth-order valence-corrected chi connectivity index (χ4v) is 2.06. The van der Waals surface area contributed by atoms with Crippen LogP contribution in [-0.4, -0.2) is 16.8 Å². The molecule has 0 heterocycles. The monoisotopic (exact) mass is 338 g/mol. The Bertz CT molecular complexity index is 810. The molecule has 0 aliphatic rings. The Balaban J connectivity index is 2.16. The number of carbonyl (C=O) groups is 2. The summed E-state index contributed by atoms with van der Waals surface area (Å²) in [5, 5.41) is 13.4. The van der Waals surface area contributed by atoms with E-state index in [4.69, 9.17) is 11.2 Å². The first-order valence-electron chi connectivity index (χ1n) is 7.24. The molecule has 0 aromatic heterocycles. The zero-order valence-corrected chi connectivity index (χ0v) is 13.0. The number of carbonyl (C=O) groups excluding carboxylic acids is 2. The van der Waals surface area contributed by atoms with Gasteiger partial charge in [-0.25, -0.2) is 4.79 Å². The smallest absolute Gasteiger partial charge is 0.385 e. The lowest BCUT2D eigenvalue weighted by atomic mass is 10.1. The van der Waals surface area contributed by atoms with E-state index in [9.17, 15) is 19.7 Å². The molecule has 0 saturated carbocycles. The van der Waals surface area contributed by atoms with E-state index in [1.54, 1.807) is 5.92 Å². The number of hydrogen-bond acceptors (Lipinski definition) is 5. The van der Waals surface area contributed by atoms with Gasteiger partial charge in [0.1, 0.15) is 0 Å². The Hall–Kier alpha value is -3.66. The van der Waals surface area contributed by atoms with Crippen LogP contribution >= 0.6 is 0 Å². The number of ether oxygens (including phenoxy) is 1. The first-order chi connectivity index (χ1) is 12.0. The number of non-ortho nitro benzene ring substituents is 1. The Morgan fingerprint density at radius 2 is 1.80 bits per heavy atom. The molecule has 1 unspecified atom stereocenters. The van der Waals surface area contributed by atoms with Gasteiger partial charge in [-0.15, -0.1) is 6.42 Å². The van der Waals surface area contributed by atoms with Gasteiger partial charge < -0.3 is 10.1 Å². The van der Waals surface area contributed by atoms with Gasteiger partial charge in [0.15, 0.2) is 0 Å². The molecule has 2 aromatic rings. The first-order valence-corrected chi connectivity index (χ1v) is 7.24. The summed E-state index contributed by atoms with van der Waals surface area (Å²) in [6.45, 7) is 0.233. The van der Waals surface area contributed by atoms with E-state index in [1.165, 1.54) is 24.3 Å². The Labute approximate surface area is 143 Å². The number of esters is 1. The largest absolute Gasteiger partial charge is 0.438 e. The Morgan fingerprint density at radius 1 is 1.16 bits per heavy atom. The maximum Gasteiger partial charge on any atom is 0.385 e. The van der Waals surface area contributed by atoms with Crippen molar-refractivity contribution in [3.05, 3.63) is 75.8 Å². The van der Waals surface area contributed by atoms with Crippen molar-refractivity contribution >= 4 is 17.6 Å². The predicted octanol–water partition coefficient (Wildman–Crippen LogP) is 2.13. The third-order valence-electron chi connectivity index (χ3n) is 3.30. The van der Waals surface area contributed by atoms with Crippen LogP contribution in [0.5, 0.6) is 0 Å². The van der Waals surface area contributed by atoms with E-state index in [0.717, 1.165) is 5.56 Å². The van der Waals surface area contributed by atoms with Crippen molar-refractivity contribution < 1.29 is 19.2 Å². The second-order valence-corrected chi connectivity index (χ2v) is 4.98. The summed E-state index contributed by atoms with van der Waals surface area (Å²) in [6.07, 6.45) is 3.68. The van der Waals surface area contributed by atoms with Crippen LogP contribution in [0.4, 0.5) is 5.69 Å². The lowest BCUT2D eigenvalue weighted by Gasteiger charge is -2.16. The zero-order chi connectivity index (χ0) is 18.2. The van der Waals surface area contributed by atoms with Gasteiger partial charge in [0, 0.05) is 30.2 Å². The number of hydrogen-bond donors (Lipinski definition) is 1. The van der Waals surface area contributed by atoms with Crippen molar-refractivity contribution in [1.29, 1.82) is 0 Å². The fraction of sp³-hybridized carbons (Fsp3) is 0.111. The number of nitro groups is 1. The molecule has 1 amide bonds. The van der Waals surface area contributed by atoms with E-state index in [2.05, 4.69) is 5.32 Å². The third-order valence-corrected chi connectivity index (χ3v) is 3.30. The third kappa shape index (κ3) is 4.91. The minimum absolute atomic E-state index is 0.143. The Kier molecular flexibility index (Phi) is 5.85. The molecular weight excluding hydrogens is 324 g/mol. The number of nitrogens with one attached hydrogen (secondary N) is 1. The highest BCUT2D eigenvalue weighted by Crippen LogP contribution is 2.21. The molecule has 2 aromatic carbocycles. The highest BCUT2D eigenvalue weighted by atomic mass is 16.6. The second-order valence-electron chi connectivity index (χ2n) is 4.98. The molecular formula is C18H14N2O5. The molecule has 0 radical (unpaired) electrons. The number of terminal acetylenes is 1. The van der Waals surface area contributed by atoms with E-state index >= 15 is 0 Å². The number of rotatable bonds is 6. The standard InChI is InChI=1S/C18H14N2O5/c1-2-16(21)25-17(14-8-10-15(11-9-14)20(23)24)18(22)19-12-13-6-4-3-5-7-13/h1,3-11,17H,12H2,(H,19,22). The number of nitro benzene ring substituents is 1. The molecule has 0 spiro atoms. The fourth-order valence-electron chi connectivity index (χ4n) is 2.06. The number of nitrogens with zero attached hydrogens (tertiary/aromatic N) is 1. The van der Waals surface area contributed by atoms with Crippen LogP contribution in [0.2, 0.25) is 0 Å². The van der Waals surface area contributed by atoms with E-state index in [1.807, 2.05) is 30.3 Å². The van der Waals surface area contributed by atoms with Gasteiger partial charge in [-0.1, -0.05) is 30.3 Å². The lowest BCUT2D eigenvalue weighted by molar-refractivity contribution is -0.384. The SMILES string of the molecule is C#CC(=O)OC(C(=O)NCc1ccccc1)c1ccc([N+](=O)[O-])cc1. The van der Waals surface area contributed by atoms with Gasteiger partial charge in [0.2, 0.25) is 6.10 Å². The van der Waals surface area contributed by atoms with Crippen molar-refractivity contribution in [3.8, 4) is 12.3 Å². The summed E-state index contributed by atoms with van der Waals surface area (Å²) < 4.78 is 4.98. The maximum absolute atomic E-state index is 12.4. The van der Waals surface area contributed by atoms with E-state index in [0.29, 0.717) is 0 Å². The molecule has 25 heavy (non-hydrogen) atoms. The quantitative estimate of drug-likeness (QED) is 0.286. The van der Waals surface area contributed by atoms with Gasteiger partial charge in [0.05, 0.1) is 4.92 Å². The number of benzene rings is 2. The minimum Gasteiger partial charge on any atom is -0.438 e. The summed E-state index contributed by atoms with van der Waals surface area (Å²) in [5.74, 6) is 0.190. The van der Waals surface area contributed by atoms with Crippen molar-refractivity contribution in [1.82, 2.24) is 5.32 Å². The van der Waals surface area contributed by atoms with Crippen LogP contribution in [-0.2, 0) is 20.9 Å². The Morgan fingerprint density at radius 3 is 2.36 bits per heavy atom. The summed E-state index contributed by atoms with van der Waals surface area (Å²) in [5.41, 5.74) is 0.997. The van der Waals surface area contributed by atoms with Crippen LogP contribution in [0.15, 0.2) is 54.6 Å². The summed E-state index contributed by atoms with van der Waals surface area (Å²) in [7, 11) is 0. The lowest BCUT2D eigenvalue weighted by Crippen LogP contribution is -2.31.